The molecule has 8 nitrogen and oxygen atoms in total. The van der Waals surface area contributed by atoms with Gasteiger partial charge in [0.1, 0.15) is 5.75 Å². The second-order valence-corrected chi connectivity index (χ2v) is 9.23. The van der Waals surface area contributed by atoms with Crippen LogP contribution in [0.4, 0.5) is 5.69 Å². The highest BCUT2D eigenvalue weighted by Gasteiger charge is 2.34. The van der Waals surface area contributed by atoms with Crippen LogP contribution >= 0.6 is 11.6 Å². The Balaban J connectivity index is 1.55. The van der Waals surface area contributed by atoms with Crippen LogP contribution in [-0.4, -0.2) is 49.4 Å². The Hall–Kier alpha value is -2.62. The summed E-state index contributed by atoms with van der Waals surface area (Å²) < 4.78 is 32.0. The molecule has 0 saturated carbocycles. The number of carbonyl (C=O) groups is 2. The number of esters is 1. The number of nitrogens with zero attached hydrogens (tertiary/aromatic N) is 1. The molecular formula is C20H21ClN2O6S. The van der Waals surface area contributed by atoms with Gasteiger partial charge in [0.05, 0.1) is 10.8 Å². The van der Waals surface area contributed by atoms with Crippen LogP contribution < -0.4 is 5.32 Å². The SMILES string of the molecule is O=C(COC(=O)C1CCCN(S(=O)(=O)c2ccc(Cl)cc2)C1)Nc1ccc(O)cc1. The number of carbonyl (C=O) groups excluding carboxylic acids is 2. The molecule has 1 heterocycles. The fourth-order valence-corrected chi connectivity index (χ4v) is 4.75. The standard InChI is InChI=1S/C20H21ClN2O6S/c21-15-3-9-18(10-4-15)30(27,28)23-11-1-2-14(12-23)20(26)29-13-19(25)22-16-5-7-17(24)8-6-16/h3-10,14,24H,1-2,11-13H2,(H,22,25). The number of aromatic hydroxyl groups is 1. The molecule has 1 saturated heterocycles. The smallest absolute Gasteiger partial charge is 0.310 e. The first kappa shape index (κ1) is 22.1. The number of halogens is 1. The lowest BCUT2D eigenvalue weighted by Gasteiger charge is -2.30. The van der Waals surface area contributed by atoms with Crippen molar-refractivity contribution in [2.75, 3.05) is 25.0 Å². The van der Waals surface area contributed by atoms with E-state index in [4.69, 9.17) is 16.3 Å². The fourth-order valence-electron chi connectivity index (χ4n) is 3.11. The van der Waals surface area contributed by atoms with Gasteiger partial charge in [-0.05, 0) is 61.4 Å². The zero-order valence-electron chi connectivity index (χ0n) is 16.0. The predicted molar refractivity (Wildman–Crippen MR) is 111 cm³/mol. The Kier molecular flexibility index (Phi) is 6.96. The van der Waals surface area contributed by atoms with E-state index in [1.54, 1.807) is 0 Å². The number of phenols is 1. The number of anilines is 1. The lowest BCUT2D eigenvalue weighted by Crippen LogP contribution is -2.43. The summed E-state index contributed by atoms with van der Waals surface area (Å²) >= 11 is 5.82. The molecule has 1 aliphatic rings. The van der Waals surface area contributed by atoms with Gasteiger partial charge in [0, 0.05) is 23.8 Å². The number of hydrogen-bond acceptors (Lipinski definition) is 6. The molecule has 0 spiro atoms. The Morgan fingerprint density at radius 1 is 1.13 bits per heavy atom. The Morgan fingerprint density at radius 3 is 2.47 bits per heavy atom. The summed E-state index contributed by atoms with van der Waals surface area (Å²) in [4.78, 5) is 24.4. The average Bonchev–Trinajstić information content (AvgIpc) is 2.74. The highest BCUT2D eigenvalue weighted by atomic mass is 35.5. The van der Waals surface area contributed by atoms with Gasteiger partial charge in [-0.15, -0.1) is 0 Å². The van der Waals surface area contributed by atoms with Crippen molar-refractivity contribution < 1.29 is 27.9 Å². The number of sulfonamides is 1. The van der Waals surface area contributed by atoms with Crippen LogP contribution in [0.15, 0.2) is 53.4 Å². The monoisotopic (exact) mass is 452 g/mol. The van der Waals surface area contributed by atoms with Crippen molar-refractivity contribution in [2.24, 2.45) is 5.92 Å². The summed E-state index contributed by atoms with van der Waals surface area (Å²) in [6, 6.07) is 11.7. The molecule has 1 aliphatic heterocycles. The van der Waals surface area contributed by atoms with E-state index < -0.39 is 34.4 Å². The molecular weight excluding hydrogens is 432 g/mol. The number of ether oxygens (including phenoxy) is 1. The third-order valence-corrected chi connectivity index (χ3v) is 6.80. The number of phenolic OH excluding ortho intramolecular Hbond substituents is 1. The molecule has 2 aromatic rings. The quantitative estimate of drug-likeness (QED) is 0.514. The van der Waals surface area contributed by atoms with Crippen LogP contribution in [0, 0.1) is 5.92 Å². The van der Waals surface area contributed by atoms with Crippen molar-refractivity contribution in [3.63, 3.8) is 0 Å². The third-order valence-electron chi connectivity index (χ3n) is 4.67. The van der Waals surface area contributed by atoms with Gasteiger partial charge < -0.3 is 15.2 Å². The van der Waals surface area contributed by atoms with Gasteiger partial charge in [-0.2, -0.15) is 4.31 Å². The highest BCUT2D eigenvalue weighted by molar-refractivity contribution is 7.89. The first-order valence-corrected chi connectivity index (χ1v) is 11.1. The van der Waals surface area contributed by atoms with E-state index in [1.165, 1.54) is 52.8 Å². The number of hydrogen-bond donors (Lipinski definition) is 2. The van der Waals surface area contributed by atoms with Crippen molar-refractivity contribution >= 4 is 39.2 Å². The molecule has 0 aliphatic carbocycles. The molecule has 2 N–H and O–H groups in total. The van der Waals surface area contributed by atoms with Crippen LogP contribution in [0.1, 0.15) is 12.8 Å². The van der Waals surface area contributed by atoms with Gasteiger partial charge >= 0.3 is 5.97 Å². The number of nitrogens with one attached hydrogen (secondary N) is 1. The predicted octanol–water partition coefficient (Wildman–Crippen LogP) is 2.63. The third kappa shape index (κ3) is 5.50. The van der Waals surface area contributed by atoms with Crippen LogP contribution in [0.2, 0.25) is 5.02 Å². The molecule has 30 heavy (non-hydrogen) atoms. The Morgan fingerprint density at radius 2 is 1.80 bits per heavy atom. The first-order chi connectivity index (χ1) is 14.3. The van der Waals surface area contributed by atoms with Gasteiger partial charge in [-0.25, -0.2) is 8.42 Å². The minimum Gasteiger partial charge on any atom is -0.508 e. The molecule has 160 valence electrons. The van der Waals surface area contributed by atoms with Gasteiger partial charge in [0.25, 0.3) is 5.91 Å². The number of amides is 1. The molecule has 1 unspecified atom stereocenters. The van der Waals surface area contributed by atoms with Crippen LogP contribution in [-0.2, 0) is 24.3 Å². The van der Waals surface area contributed by atoms with E-state index in [9.17, 15) is 23.1 Å². The Bertz CT molecular complexity index is 1010. The summed E-state index contributed by atoms with van der Waals surface area (Å²) in [5.74, 6) is -1.74. The molecule has 1 amide bonds. The van der Waals surface area contributed by atoms with Gasteiger partial charge in [0.2, 0.25) is 10.0 Å². The minimum absolute atomic E-state index is 0.0105. The minimum atomic E-state index is -3.75. The average molecular weight is 453 g/mol. The lowest BCUT2D eigenvalue weighted by molar-refractivity contribution is -0.152. The Labute approximate surface area is 179 Å². The normalized spacial score (nSPS) is 17.3. The summed E-state index contributed by atoms with van der Waals surface area (Å²) in [6.45, 7) is -0.195. The summed E-state index contributed by atoms with van der Waals surface area (Å²) in [6.07, 6.45) is 0.983. The first-order valence-electron chi connectivity index (χ1n) is 9.27. The van der Waals surface area contributed by atoms with Crippen molar-refractivity contribution in [3.05, 3.63) is 53.6 Å². The van der Waals surface area contributed by atoms with E-state index >= 15 is 0 Å². The number of rotatable bonds is 6. The lowest BCUT2D eigenvalue weighted by atomic mass is 10.00. The molecule has 1 fully saturated rings. The zero-order chi connectivity index (χ0) is 21.7. The topological polar surface area (TPSA) is 113 Å². The van der Waals surface area contributed by atoms with Gasteiger partial charge in [-0.3, -0.25) is 9.59 Å². The van der Waals surface area contributed by atoms with Crippen LogP contribution in [0.25, 0.3) is 0 Å². The van der Waals surface area contributed by atoms with Crippen LogP contribution in [0.5, 0.6) is 5.75 Å². The maximum absolute atomic E-state index is 12.8. The van der Waals surface area contributed by atoms with E-state index in [0.717, 1.165) is 0 Å². The molecule has 0 aromatic heterocycles. The zero-order valence-corrected chi connectivity index (χ0v) is 17.5. The summed E-state index contributed by atoms with van der Waals surface area (Å²) in [5.41, 5.74) is 0.451. The van der Waals surface area contributed by atoms with E-state index in [-0.39, 0.29) is 17.2 Å². The molecule has 0 bridgehead atoms. The second kappa shape index (κ2) is 9.46. The molecule has 2 aromatic carbocycles. The highest BCUT2D eigenvalue weighted by Crippen LogP contribution is 2.25. The van der Waals surface area contributed by atoms with Crippen molar-refractivity contribution in [1.29, 1.82) is 0 Å². The van der Waals surface area contributed by atoms with E-state index in [1.807, 2.05) is 0 Å². The maximum atomic E-state index is 12.8. The fraction of sp³-hybridized carbons (Fsp3) is 0.300. The van der Waals surface area contributed by atoms with E-state index in [0.29, 0.717) is 30.1 Å². The van der Waals surface area contributed by atoms with Crippen LogP contribution in [0.3, 0.4) is 0 Å². The second-order valence-electron chi connectivity index (χ2n) is 6.86. The van der Waals surface area contributed by atoms with E-state index in [2.05, 4.69) is 5.32 Å². The summed E-state index contributed by atoms with van der Waals surface area (Å²) in [5, 5.41) is 12.2. The molecule has 1 atom stereocenters. The summed E-state index contributed by atoms with van der Waals surface area (Å²) in [7, 11) is -3.75. The van der Waals surface area contributed by atoms with Crippen molar-refractivity contribution in [1.82, 2.24) is 4.31 Å². The largest absolute Gasteiger partial charge is 0.508 e. The molecule has 10 heteroatoms. The van der Waals surface area contributed by atoms with Gasteiger partial charge in [0.15, 0.2) is 6.61 Å². The molecule has 3 rings (SSSR count). The molecule has 0 radical (unpaired) electrons. The van der Waals surface area contributed by atoms with Crippen molar-refractivity contribution in [3.8, 4) is 5.75 Å². The number of benzene rings is 2. The number of piperidine rings is 1. The maximum Gasteiger partial charge on any atom is 0.310 e. The van der Waals surface area contributed by atoms with Crippen molar-refractivity contribution in [2.45, 2.75) is 17.7 Å². The van der Waals surface area contributed by atoms with Gasteiger partial charge in [-0.1, -0.05) is 11.6 Å².